The second-order valence-corrected chi connectivity index (χ2v) is 5.45. The molecule has 0 spiro atoms. The standard InChI is InChI=1S/C11H15F3N2O2S.2CH4/c1-3-16(4-2)10-7-5-6-9(8-10)15-19(17,18)11(12,13)14;;/h5-8,15H,3-4H2,1-2H3;2*1H4. The number of halogens is 3. The van der Waals surface area contributed by atoms with Gasteiger partial charge in [0.1, 0.15) is 0 Å². The minimum atomic E-state index is -5.38. The molecule has 0 unspecified atom stereocenters. The minimum Gasteiger partial charge on any atom is -0.372 e. The molecule has 0 aliphatic rings. The second kappa shape index (κ2) is 8.11. The predicted molar refractivity (Wildman–Crippen MR) is 82.1 cm³/mol. The molecule has 0 heterocycles. The molecule has 0 aromatic heterocycles. The predicted octanol–water partition coefficient (Wildman–Crippen LogP) is 4.07. The van der Waals surface area contributed by atoms with Gasteiger partial charge in [0.25, 0.3) is 0 Å². The number of rotatable bonds is 5. The fourth-order valence-corrected chi connectivity index (χ4v) is 2.12. The van der Waals surface area contributed by atoms with Crippen LogP contribution in [0.15, 0.2) is 24.3 Å². The average molecular weight is 328 g/mol. The maximum atomic E-state index is 12.2. The average Bonchev–Trinajstić information content (AvgIpc) is 2.29. The highest BCUT2D eigenvalue weighted by molar-refractivity contribution is 7.93. The van der Waals surface area contributed by atoms with E-state index in [9.17, 15) is 21.6 Å². The van der Waals surface area contributed by atoms with Crippen molar-refractivity contribution in [3.8, 4) is 0 Å². The Morgan fingerprint density at radius 3 is 2.10 bits per heavy atom. The number of benzene rings is 1. The summed E-state index contributed by atoms with van der Waals surface area (Å²) >= 11 is 0. The molecule has 124 valence electrons. The molecule has 0 aliphatic heterocycles. The molecule has 8 heteroatoms. The van der Waals surface area contributed by atoms with E-state index in [1.54, 1.807) is 6.07 Å². The SMILES string of the molecule is C.C.CCN(CC)c1cccc(NS(=O)(=O)C(F)(F)F)c1. The lowest BCUT2D eigenvalue weighted by Gasteiger charge is -2.21. The van der Waals surface area contributed by atoms with Crippen LogP contribution in [0.4, 0.5) is 24.5 Å². The van der Waals surface area contributed by atoms with E-state index in [0.29, 0.717) is 18.8 Å². The zero-order chi connectivity index (χ0) is 14.7. The van der Waals surface area contributed by atoms with E-state index < -0.39 is 15.5 Å². The van der Waals surface area contributed by atoms with E-state index in [-0.39, 0.29) is 20.5 Å². The van der Waals surface area contributed by atoms with E-state index >= 15 is 0 Å². The van der Waals surface area contributed by atoms with Crippen LogP contribution in [0.25, 0.3) is 0 Å². The van der Waals surface area contributed by atoms with Gasteiger partial charge in [0.15, 0.2) is 0 Å². The third-order valence-corrected chi connectivity index (χ3v) is 3.65. The van der Waals surface area contributed by atoms with Gasteiger partial charge in [-0.3, -0.25) is 4.72 Å². The lowest BCUT2D eigenvalue weighted by Crippen LogP contribution is -2.30. The Kier molecular flexibility index (Phi) is 8.44. The third-order valence-electron chi connectivity index (χ3n) is 2.53. The van der Waals surface area contributed by atoms with Crippen LogP contribution in [-0.2, 0) is 10.0 Å². The molecule has 1 N–H and O–H groups in total. The lowest BCUT2D eigenvalue weighted by atomic mass is 10.2. The smallest absolute Gasteiger partial charge is 0.372 e. The van der Waals surface area contributed by atoms with Crippen molar-refractivity contribution in [2.24, 2.45) is 0 Å². The molecule has 1 aromatic carbocycles. The number of alkyl halides is 3. The summed E-state index contributed by atoms with van der Waals surface area (Å²) in [6.07, 6.45) is 0. The van der Waals surface area contributed by atoms with Crippen LogP contribution >= 0.6 is 0 Å². The minimum absolute atomic E-state index is 0. The number of sulfonamides is 1. The molecular formula is C13H23F3N2O2S. The molecule has 4 nitrogen and oxygen atoms in total. The molecule has 0 radical (unpaired) electrons. The molecule has 0 atom stereocenters. The zero-order valence-electron chi connectivity index (χ0n) is 10.5. The summed E-state index contributed by atoms with van der Waals surface area (Å²) in [6, 6.07) is 5.85. The monoisotopic (exact) mass is 328 g/mol. The molecule has 0 aliphatic carbocycles. The van der Waals surface area contributed by atoms with Gasteiger partial charge in [-0.25, -0.2) is 0 Å². The van der Waals surface area contributed by atoms with Crippen molar-refractivity contribution >= 4 is 21.4 Å². The van der Waals surface area contributed by atoms with Crippen LogP contribution < -0.4 is 9.62 Å². The molecule has 0 bridgehead atoms. The van der Waals surface area contributed by atoms with Gasteiger partial charge in [-0.15, -0.1) is 0 Å². The first-order valence-corrected chi connectivity index (χ1v) is 7.13. The number of nitrogens with one attached hydrogen (secondary N) is 1. The van der Waals surface area contributed by atoms with Gasteiger partial charge >= 0.3 is 15.5 Å². The normalized spacial score (nSPS) is 11.1. The number of nitrogens with zero attached hydrogens (tertiary/aromatic N) is 1. The van der Waals surface area contributed by atoms with Gasteiger partial charge in [0.05, 0.1) is 5.69 Å². The molecule has 21 heavy (non-hydrogen) atoms. The molecule has 0 fully saturated rings. The van der Waals surface area contributed by atoms with Crippen molar-refractivity contribution in [1.29, 1.82) is 0 Å². The number of anilines is 2. The summed E-state index contributed by atoms with van der Waals surface area (Å²) in [5.41, 5.74) is -4.77. The van der Waals surface area contributed by atoms with Gasteiger partial charge in [-0.05, 0) is 32.0 Å². The van der Waals surface area contributed by atoms with Crippen molar-refractivity contribution in [2.45, 2.75) is 34.2 Å². The summed E-state index contributed by atoms with van der Waals surface area (Å²) in [4.78, 5) is 1.89. The Labute approximate surface area is 125 Å². The van der Waals surface area contributed by atoms with Crippen LogP contribution in [-0.4, -0.2) is 27.0 Å². The van der Waals surface area contributed by atoms with Crippen LogP contribution in [0.1, 0.15) is 28.7 Å². The molecule has 0 saturated carbocycles. The van der Waals surface area contributed by atoms with Crippen molar-refractivity contribution in [3.05, 3.63) is 24.3 Å². The zero-order valence-corrected chi connectivity index (χ0v) is 11.3. The van der Waals surface area contributed by atoms with E-state index in [4.69, 9.17) is 0 Å². The number of hydrogen-bond donors (Lipinski definition) is 1. The maximum Gasteiger partial charge on any atom is 0.516 e. The first-order valence-electron chi connectivity index (χ1n) is 5.65. The van der Waals surface area contributed by atoms with Crippen LogP contribution in [0.2, 0.25) is 0 Å². The number of hydrogen-bond acceptors (Lipinski definition) is 3. The Bertz CT molecular complexity index is 526. The highest BCUT2D eigenvalue weighted by Crippen LogP contribution is 2.27. The molecule has 0 amide bonds. The first kappa shape index (κ1) is 21.9. The fraction of sp³-hybridized carbons (Fsp3) is 0.538. The van der Waals surface area contributed by atoms with Crippen LogP contribution in [0, 0.1) is 0 Å². The lowest BCUT2D eigenvalue weighted by molar-refractivity contribution is -0.0429. The molecular weight excluding hydrogens is 305 g/mol. The van der Waals surface area contributed by atoms with Gasteiger partial charge in [0.2, 0.25) is 0 Å². The summed E-state index contributed by atoms with van der Waals surface area (Å²) < 4.78 is 60.3. The van der Waals surface area contributed by atoms with E-state index in [1.165, 1.54) is 22.9 Å². The summed E-state index contributed by atoms with van der Waals surface area (Å²) in [7, 11) is -5.38. The van der Waals surface area contributed by atoms with Crippen molar-refractivity contribution in [2.75, 3.05) is 22.7 Å². The molecule has 1 aromatic rings. The largest absolute Gasteiger partial charge is 0.516 e. The third kappa shape index (κ3) is 5.45. The van der Waals surface area contributed by atoms with Crippen molar-refractivity contribution < 1.29 is 21.6 Å². The van der Waals surface area contributed by atoms with Gasteiger partial charge < -0.3 is 4.90 Å². The summed E-state index contributed by atoms with van der Waals surface area (Å²) in [5, 5.41) is 0. The first-order chi connectivity index (χ1) is 8.71. The van der Waals surface area contributed by atoms with Crippen molar-refractivity contribution in [1.82, 2.24) is 0 Å². The topological polar surface area (TPSA) is 49.4 Å². The maximum absolute atomic E-state index is 12.2. The van der Waals surface area contributed by atoms with E-state index in [1.807, 2.05) is 18.7 Å². The Balaban J connectivity index is 0. The Morgan fingerprint density at radius 1 is 1.14 bits per heavy atom. The molecule has 0 saturated heterocycles. The summed E-state index contributed by atoms with van der Waals surface area (Å²) in [6.45, 7) is 5.14. The Hall–Kier alpha value is -1.44. The fourth-order valence-electron chi connectivity index (χ4n) is 1.57. The highest BCUT2D eigenvalue weighted by atomic mass is 32.2. The Morgan fingerprint density at radius 2 is 1.67 bits per heavy atom. The van der Waals surface area contributed by atoms with E-state index in [2.05, 4.69) is 0 Å². The molecule has 1 rings (SSSR count). The second-order valence-electron chi connectivity index (χ2n) is 3.77. The quantitative estimate of drug-likeness (QED) is 0.886. The van der Waals surface area contributed by atoms with Crippen molar-refractivity contribution in [3.63, 3.8) is 0 Å². The van der Waals surface area contributed by atoms with Gasteiger partial charge in [-0.1, -0.05) is 20.9 Å². The summed E-state index contributed by atoms with van der Waals surface area (Å²) in [5.74, 6) is 0. The highest BCUT2D eigenvalue weighted by Gasteiger charge is 2.46. The van der Waals surface area contributed by atoms with E-state index in [0.717, 1.165) is 0 Å². The van der Waals surface area contributed by atoms with Gasteiger partial charge in [0, 0.05) is 18.8 Å². The van der Waals surface area contributed by atoms with Gasteiger partial charge in [-0.2, -0.15) is 21.6 Å². The van der Waals surface area contributed by atoms with Crippen LogP contribution in [0.5, 0.6) is 0 Å². The van der Waals surface area contributed by atoms with Crippen LogP contribution in [0.3, 0.4) is 0 Å².